The molecule has 1 saturated heterocycles. The molecule has 1 aromatic heterocycles. The lowest BCUT2D eigenvalue weighted by molar-refractivity contribution is 0.0752. The van der Waals surface area contributed by atoms with Crippen molar-refractivity contribution in [2.24, 2.45) is 5.92 Å². The fourth-order valence-corrected chi connectivity index (χ4v) is 2.92. The van der Waals surface area contributed by atoms with Crippen molar-refractivity contribution >= 4 is 16.8 Å². The van der Waals surface area contributed by atoms with Crippen LogP contribution in [-0.4, -0.2) is 47.5 Å². The molecule has 3 rings (SSSR count). The summed E-state index contributed by atoms with van der Waals surface area (Å²) >= 11 is 0. The Morgan fingerprint density at radius 3 is 3.00 bits per heavy atom. The summed E-state index contributed by atoms with van der Waals surface area (Å²) < 4.78 is 0. The van der Waals surface area contributed by atoms with Crippen LogP contribution in [0, 0.1) is 5.92 Å². The predicted molar refractivity (Wildman–Crippen MR) is 84.9 cm³/mol. The fraction of sp³-hybridized carbons (Fsp3) is 0.438. The number of aromatic nitrogens is 2. The Morgan fingerprint density at radius 1 is 1.41 bits per heavy atom. The molecule has 0 radical (unpaired) electrons. The number of nitrogens with one attached hydrogen (secondary N) is 2. The molecule has 1 atom stereocenters. The zero-order valence-corrected chi connectivity index (χ0v) is 12.6. The standard InChI is InChI=1S/C16H20N4O2/c1-20(10-11-5-4-8-17-9-11)16(22)14-18-13-7-3-2-6-12(13)15(21)19-14/h2-3,6-7,11,17H,4-5,8-10H2,1H3,(H,18,19,21). The predicted octanol–water partition coefficient (Wildman–Crippen LogP) is 0.995. The fourth-order valence-electron chi connectivity index (χ4n) is 2.92. The number of benzene rings is 1. The van der Waals surface area contributed by atoms with Gasteiger partial charge in [-0.15, -0.1) is 0 Å². The average Bonchev–Trinajstić information content (AvgIpc) is 2.55. The van der Waals surface area contributed by atoms with Gasteiger partial charge in [0.05, 0.1) is 10.9 Å². The van der Waals surface area contributed by atoms with E-state index in [2.05, 4.69) is 15.3 Å². The highest BCUT2D eigenvalue weighted by Gasteiger charge is 2.20. The van der Waals surface area contributed by atoms with E-state index in [1.54, 1.807) is 36.2 Å². The first-order valence-corrected chi connectivity index (χ1v) is 7.60. The quantitative estimate of drug-likeness (QED) is 0.886. The van der Waals surface area contributed by atoms with Crippen LogP contribution in [0.3, 0.4) is 0 Å². The van der Waals surface area contributed by atoms with E-state index in [4.69, 9.17) is 0 Å². The van der Waals surface area contributed by atoms with Gasteiger partial charge < -0.3 is 15.2 Å². The van der Waals surface area contributed by atoms with Crippen LogP contribution in [0.5, 0.6) is 0 Å². The Labute approximate surface area is 128 Å². The summed E-state index contributed by atoms with van der Waals surface area (Å²) in [6.45, 7) is 2.65. The number of hydrogen-bond donors (Lipinski definition) is 2. The molecule has 0 bridgehead atoms. The van der Waals surface area contributed by atoms with E-state index >= 15 is 0 Å². The molecule has 6 nitrogen and oxygen atoms in total. The minimum atomic E-state index is -0.276. The Morgan fingerprint density at radius 2 is 2.23 bits per heavy atom. The van der Waals surface area contributed by atoms with Crippen molar-refractivity contribution in [2.75, 3.05) is 26.7 Å². The molecule has 1 fully saturated rings. The number of carbonyl (C=O) groups is 1. The van der Waals surface area contributed by atoms with Gasteiger partial charge in [0.15, 0.2) is 5.82 Å². The molecule has 0 aliphatic carbocycles. The van der Waals surface area contributed by atoms with Crippen molar-refractivity contribution < 1.29 is 4.79 Å². The van der Waals surface area contributed by atoms with Gasteiger partial charge in [0.1, 0.15) is 0 Å². The van der Waals surface area contributed by atoms with Crippen LogP contribution in [-0.2, 0) is 0 Å². The zero-order chi connectivity index (χ0) is 15.5. The van der Waals surface area contributed by atoms with E-state index in [9.17, 15) is 9.59 Å². The number of nitrogens with zero attached hydrogens (tertiary/aromatic N) is 2. The molecule has 1 amide bonds. The van der Waals surface area contributed by atoms with Crippen LogP contribution in [0.1, 0.15) is 23.5 Å². The third-order valence-corrected chi connectivity index (χ3v) is 4.09. The van der Waals surface area contributed by atoms with Crippen LogP contribution in [0.15, 0.2) is 29.1 Å². The summed E-state index contributed by atoms with van der Waals surface area (Å²) in [5, 5.41) is 3.84. The Bertz CT molecular complexity index is 734. The monoisotopic (exact) mass is 300 g/mol. The van der Waals surface area contributed by atoms with E-state index in [-0.39, 0.29) is 17.3 Å². The van der Waals surface area contributed by atoms with Gasteiger partial charge in [-0.1, -0.05) is 12.1 Å². The second-order valence-corrected chi connectivity index (χ2v) is 5.83. The first kappa shape index (κ1) is 14.7. The van der Waals surface area contributed by atoms with E-state index in [0.29, 0.717) is 23.4 Å². The van der Waals surface area contributed by atoms with Gasteiger partial charge in [0, 0.05) is 13.6 Å². The van der Waals surface area contributed by atoms with Gasteiger partial charge in [-0.3, -0.25) is 9.59 Å². The maximum atomic E-state index is 12.5. The number of H-pyrrole nitrogens is 1. The lowest BCUT2D eigenvalue weighted by Crippen LogP contribution is -2.40. The maximum absolute atomic E-state index is 12.5. The lowest BCUT2D eigenvalue weighted by Gasteiger charge is -2.27. The van der Waals surface area contributed by atoms with Gasteiger partial charge in [0.25, 0.3) is 11.5 Å². The highest BCUT2D eigenvalue weighted by atomic mass is 16.2. The van der Waals surface area contributed by atoms with Crippen LogP contribution in [0.25, 0.3) is 10.9 Å². The molecular formula is C16H20N4O2. The third-order valence-electron chi connectivity index (χ3n) is 4.09. The van der Waals surface area contributed by atoms with Crippen molar-refractivity contribution in [3.63, 3.8) is 0 Å². The molecule has 0 saturated carbocycles. The molecule has 1 aromatic carbocycles. The highest BCUT2D eigenvalue weighted by Crippen LogP contribution is 2.12. The SMILES string of the molecule is CN(CC1CCCNC1)C(=O)c1nc2ccccc2c(=O)[nH]1. The second kappa shape index (κ2) is 6.27. The topological polar surface area (TPSA) is 78.1 Å². The molecule has 116 valence electrons. The van der Waals surface area contributed by atoms with Crippen molar-refractivity contribution in [1.82, 2.24) is 20.2 Å². The molecule has 2 N–H and O–H groups in total. The minimum Gasteiger partial charge on any atom is -0.339 e. The molecule has 6 heteroatoms. The Balaban J connectivity index is 1.80. The smallest absolute Gasteiger partial charge is 0.289 e. The van der Waals surface area contributed by atoms with Crippen molar-refractivity contribution in [1.29, 1.82) is 0 Å². The summed E-state index contributed by atoms with van der Waals surface area (Å²) in [5.74, 6) is 0.318. The van der Waals surface area contributed by atoms with E-state index in [0.717, 1.165) is 25.9 Å². The summed E-state index contributed by atoms with van der Waals surface area (Å²) in [6.07, 6.45) is 2.25. The lowest BCUT2D eigenvalue weighted by atomic mass is 9.99. The molecule has 0 spiro atoms. The molecule has 2 heterocycles. The number of piperidine rings is 1. The number of rotatable bonds is 3. The third kappa shape index (κ3) is 3.01. The molecule has 1 aliphatic rings. The van der Waals surface area contributed by atoms with Crippen molar-refractivity contribution in [2.45, 2.75) is 12.8 Å². The first-order valence-electron chi connectivity index (χ1n) is 7.60. The minimum absolute atomic E-state index is 0.106. The summed E-state index contributed by atoms with van der Waals surface area (Å²) in [7, 11) is 1.76. The number of para-hydroxylation sites is 1. The van der Waals surface area contributed by atoms with Crippen LogP contribution >= 0.6 is 0 Å². The molecular weight excluding hydrogens is 280 g/mol. The largest absolute Gasteiger partial charge is 0.339 e. The molecule has 2 aromatic rings. The van der Waals surface area contributed by atoms with E-state index < -0.39 is 0 Å². The molecule has 1 unspecified atom stereocenters. The van der Waals surface area contributed by atoms with Crippen molar-refractivity contribution in [3.8, 4) is 0 Å². The van der Waals surface area contributed by atoms with Crippen molar-refractivity contribution in [3.05, 3.63) is 40.4 Å². The number of aromatic amines is 1. The Kier molecular flexibility index (Phi) is 4.20. The summed E-state index contributed by atoms with van der Waals surface area (Å²) in [5.41, 5.74) is 0.268. The zero-order valence-electron chi connectivity index (χ0n) is 12.6. The van der Waals surface area contributed by atoms with Crippen LogP contribution in [0.4, 0.5) is 0 Å². The molecule has 1 aliphatic heterocycles. The highest BCUT2D eigenvalue weighted by molar-refractivity contribution is 5.92. The van der Waals surface area contributed by atoms with Gasteiger partial charge in [-0.05, 0) is 44.0 Å². The van der Waals surface area contributed by atoms with Crippen LogP contribution in [0.2, 0.25) is 0 Å². The van der Waals surface area contributed by atoms with E-state index in [1.807, 2.05) is 0 Å². The summed E-state index contributed by atoms with van der Waals surface area (Å²) in [4.78, 5) is 33.1. The second-order valence-electron chi connectivity index (χ2n) is 5.83. The number of carbonyl (C=O) groups excluding carboxylic acids is 1. The van der Waals surface area contributed by atoms with Gasteiger partial charge in [-0.25, -0.2) is 4.98 Å². The maximum Gasteiger partial charge on any atom is 0.289 e. The number of amides is 1. The van der Waals surface area contributed by atoms with Gasteiger partial charge in [0.2, 0.25) is 0 Å². The first-order chi connectivity index (χ1) is 10.6. The number of hydrogen-bond acceptors (Lipinski definition) is 4. The van der Waals surface area contributed by atoms with Gasteiger partial charge in [-0.2, -0.15) is 0 Å². The average molecular weight is 300 g/mol. The summed E-state index contributed by atoms with van der Waals surface area (Å²) in [6, 6.07) is 7.03. The molecule has 22 heavy (non-hydrogen) atoms. The number of fused-ring (bicyclic) bond motifs is 1. The van der Waals surface area contributed by atoms with E-state index in [1.165, 1.54) is 0 Å². The normalized spacial score (nSPS) is 18.3. The van der Waals surface area contributed by atoms with Crippen LogP contribution < -0.4 is 10.9 Å². The Hall–Kier alpha value is -2.21. The van der Waals surface area contributed by atoms with Gasteiger partial charge >= 0.3 is 0 Å².